The Hall–Kier alpha value is -2.40. The standard InChI is InChI=1S/C16H19N3O2/c1-11(17)6-9-19-16(21)13-4-2-12(3-5-13)15(20)14-7-8-18-10-14/h2-5,7-8,10-11,18H,6,9,17H2,1H3,(H,19,21). The van der Waals surface area contributed by atoms with E-state index in [-0.39, 0.29) is 17.7 Å². The van der Waals surface area contributed by atoms with Crippen molar-refractivity contribution in [1.82, 2.24) is 10.3 Å². The van der Waals surface area contributed by atoms with E-state index in [0.717, 1.165) is 6.42 Å². The minimum Gasteiger partial charge on any atom is -0.367 e. The van der Waals surface area contributed by atoms with Crippen LogP contribution in [-0.4, -0.2) is 29.3 Å². The molecule has 5 heteroatoms. The van der Waals surface area contributed by atoms with Gasteiger partial charge in [-0.25, -0.2) is 0 Å². The maximum Gasteiger partial charge on any atom is 0.251 e. The van der Waals surface area contributed by atoms with Crippen LogP contribution in [0.5, 0.6) is 0 Å². The normalized spacial score (nSPS) is 11.9. The number of hydrogen-bond acceptors (Lipinski definition) is 3. The third kappa shape index (κ3) is 4.03. The number of aromatic amines is 1. The number of carbonyl (C=O) groups excluding carboxylic acids is 2. The van der Waals surface area contributed by atoms with Crippen LogP contribution in [0.2, 0.25) is 0 Å². The van der Waals surface area contributed by atoms with Gasteiger partial charge in [0, 0.05) is 41.7 Å². The van der Waals surface area contributed by atoms with Gasteiger partial charge in [-0.1, -0.05) is 12.1 Å². The van der Waals surface area contributed by atoms with Gasteiger partial charge in [-0.2, -0.15) is 0 Å². The molecule has 1 aromatic heterocycles. The second-order valence-corrected chi connectivity index (χ2v) is 5.03. The number of ketones is 1. The van der Waals surface area contributed by atoms with Crippen molar-refractivity contribution in [3.8, 4) is 0 Å². The highest BCUT2D eigenvalue weighted by Gasteiger charge is 2.11. The monoisotopic (exact) mass is 285 g/mol. The highest BCUT2D eigenvalue weighted by Crippen LogP contribution is 2.10. The lowest BCUT2D eigenvalue weighted by atomic mass is 10.0. The number of aromatic nitrogens is 1. The highest BCUT2D eigenvalue weighted by atomic mass is 16.1. The Labute approximate surface area is 123 Å². The van der Waals surface area contributed by atoms with Crippen molar-refractivity contribution in [2.75, 3.05) is 6.54 Å². The minimum absolute atomic E-state index is 0.0617. The molecule has 0 aliphatic heterocycles. The fourth-order valence-electron chi connectivity index (χ4n) is 1.92. The average Bonchev–Trinajstić information content (AvgIpc) is 3.00. The Morgan fingerprint density at radius 3 is 2.38 bits per heavy atom. The number of hydrogen-bond donors (Lipinski definition) is 3. The first-order chi connectivity index (χ1) is 10.1. The Morgan fingerprint density at radius 1 is 1.14 bits per heavy atom. The van der Waals surface area contributed by atoms with E-state index in [9.17, 15) is 9.59 Å². The molecule has 21 heavy (non-hydrogen) atoms. The van der Waals surface area contributed by atoms with Gasteiger partial charge >= 0.3 is 0 Å². The van der Waals surface area contributed by atoms with Crippen molar-refractivity contribution >= 4 is 11.7 Å². The van der Waals surface area contributed by atoms with Crippen LogP contribution in [0.1, 0.15) is 39.6 Å². The molecular formula is C16H19N3O2. The minimum atomic E-state index is -0.156. The molecule has 110 valence electrons. The molecular weight excluding hydrogens is 266 g/mol. The van der Waals surface area contributed by atoms with E-state index in [4.69, 9.17) is 5.73 Å². The number of rotatable bonds is 6. The lowest BCUT2D eigenvalue weighted by Gasteiger charge is -2.07. The molecule has 0 aliphatic rings. The van der Waals surface area contributed by atoms with E-state index in [1.807, 2.05) is 6.92 Å². The van der Waals surface area contributed by atoms with Crippen LogP contribution in [0.4, 0.5) is 0 Å². The average molecular weight is 285 g/mol. The van der Waals surface area contributed by atoms with Crippen LogP contribution in [0, 0.1) is 0 Å². The first kappa shape index (κ1) is 15.0. The molecule has 1 heterocycles. The second-order valence-electron chi connectivity index (χ2n) is 5.03. The summed E-state index contributed by atoms with van der Waals surface area (Å²) >= 11 is 0. The van der Waals surface area contributed by atoms with Gasteiger partial charge in [-0.15, -0.1) is 0 Å². The summed E-state index contributed by atoms with van der Waals surface area (Å²) in [4.78, 5) is 26.8. The van der Waals surface area contributed by atoms with E-state index in [1.54, 1.807) is 42.7 Å². The number of nitrogens with two attached hydrogens (primary N) is 1. The van der Waals surface area contributed by atoms with Crippen LogP contribution in [0.25, 0.3) is 0 Å². The Morgan fingerprint density at radius 2 is 1.81 bits per heavy atom. The number of H-pyrrole nitrogens is 1. The summed E-state index contributed by atoms with van der Waals surface area (Å²) in [5, 5.41) is 2.80. The maximum atomic E-state index is 12.1. The van der Waals surface area contributed by atoms with E-state index >= 15 is 0 Å². The van der Waals surface area contributed by atoms with Gasteiger partial charge in [-0.3, -0.25) is 9.59 Å². The fraction of sp³-hybridized carbons (Fsp3) is 0.250. The van der Waals surface area contributed by atoms with Gasteiger partial charge in [0.25, 0.3) is 5.91 Å². The molecule has 2 rings (SSSR count). The zero-order valence-corrected chi connectivity index (χ0v) is 11.9. The molecule has 4 N–H and O–H groups in total. The predicted molar refractivity (Wildman–Crippen MR) is 81.3 cm³/mol. The molecule has 1 amide bonds. The zero-order valence-electron chi connectivity index (χ0n) is 11.9. The van der Waals surface area contributed by atoms with Crippen LogP contribution >= 0.6 is 0 Å². The first-order valence-corrected chi connectivity index (χ1v) is 6.89. The Bertz CT molecular complexity index is 601. The van der Waals surface area contributed by atoms with E-state index < -0.39 is 0 Å². The molecule has 0 saturated heterocycles. The molecule has 5 nitrogen and oxygen atoms in total. The van der Waals surface area contributed by atoms with E-state index in [1.165, 1.54) is 0 Å². The summed E-state index contributed by atoms with van der Waals surface area (Å²) in [7, 11) is 0. The summed E-state index contributed by atoms with van der Waals surface area (Å²) in [6.45, 7) is 2.44. The molecule has 2 aromatic rings. The molecule has 1 aromatic carbocycles. The van der Waals surface area contributed by atoms with Crippen LogP contribution in [0.3, 0.4) is 0 Å². The van der Waals surface area contributed by atoms with Crippen LogP contribution in [-0.2, 0) is 0 Å². The SMILES string of the molecule is CC(N)CCNC(=O)c1ccc(C(=O)c2cc[nH]c2)cc1. The summed E-state index contributed by atoms with van der Waals surface area (Å²) in [5.74, 6) is -0.226. The molecule has 0 saturated carbocycles. The van der Waals surface area contributed by atoms with Gasteiger partial charge in [-0.05, 0) is 31.5 Å². The second kappa shape index (κ2) is 6.85. The molecule has 0 bridgehead atoms. The summed E-state index contributed by atoms with van der Waals surface area (Å²) in [5.41, 5.74) is 7.32. The van der Waals surface area contributed by atoms with Crippen LogP contribution in [0.15, 0.2) is 42.7 Å². The van der Waals surface area contributed by atoms with E-state index in [0.29, 0.717) is 23.2 Å². The van der Waals surface area contributed by atoms with Crippen molar-refractivity contribution in [3.05, 3.63) is 59.4 Å². The summed E-state index contributed by atoms with van der Waals surface area (Å²) < 4.78 is 0. The van der Waals surface area contributed by atoms with E-state index in [2.05, 4.69) is 10.3 Å². The number of benzene rings is 1. The third-order valence-electron chi connectivity index (χ3n) is 3.15. The van der Waals surface area contributed by atoms with Crippen molar-refractivity contribution in [2.24, 2.45) is 5.73 Å². The molecule has 0 radical (unpaired) electrons. The van der Waals surface area contributed by atoms with Gasteiger partial charge in [0.2, 0.25) is 0 Å². The number of carbonyl (C=O) groups is 2. The van der Waals surface area contributed by atoms with Crippen molar-refractivity contribution < 1.29 is 9.59 Å². The smallest absolute Gasteiger partial charge is 0.251 e. The van der Waals surface area contributed by atoms with Crippen molar-refractivity contribution in [2.45, 2.75) is 19.4 Å². The summed E-state index contributed by atoms with van der Waals surface area (Å²) in [6.07, 6.45) is 4.08. The number of nitrogens with one attached hydrogen (secondary N) is 2. The quantitative estimate of drug-likeness (QED) is 0.706. The fourth-order valence-corrected chi connectivity index (χ4v) is 1.92. The van der Waals surface area contributed by atoms with Gasteiger partial charge in [0.05, 0.1) is 0 Å². The largest absolute Gasteiger partial charge is 0.367 e. The lowest BCUT2D eigenvalue weighted by molar-refractivity contribution is 0.0951. The molecule has 0 fully saturated rings. The van der Waals surface area contributed by atoms with Gasteiger partial charge < -0.3 is 16.0 Å². The van der Waals surface area contributed by atoms with Gasteiger partial charge in [0.1, 0.15) is 0 Å². The Kier molecular flexibility index (Phi) is 4.90. The third-order valence-corrected chi connectivity index (χ3v) is 3.15. The van der Waals surface area contributed by atoms with Gasteiger partial charge in [0.15, 0.2) is 5.78 Å². The number of amides is 1. The molecule has 1 unspecified atom stereocenters. The van der Waals surface area contributed by atoms with Crippen LogP contribution < -0.4 is 11.1 Å². The Balaban J connectivity index is 1.98. The molecule has 0 spiro atoms. The molecule has 0 aliphatic carbocycles. The van der Waals surface area contributed by atoms with Crippen molar-refractivity contribution in [3.63, 3.8) is 0 Å². The van der Waals surface area contributed by atoms with Crippen molar-refractivity contribution in [1.29, 1.82) is 0 Å². The first-order valence-electron chi connectivity index (χ1n) is 6.89. The lowest BCUT2D eigenvalue weighted by Crippen LogP contribution is -2.28. The topological polar surface area (TPSA) is 88.0 Å². The highest BCUT2D eigenvalue weighted by molar-refractivity contribution is 6.09. The molecule has 1 atom stereocenters. The maximum absolute atomic E-state index is 12.1. The zero-order chi connectivity index (χ0) is 15.2. The summed E-state index contributed by atoms with van der Waals surface area (Å²) in [6, 6.07) is 8.41. The predicted octanol–water partition coefficient (Wildman–Crippen LogP) is 1.71.